The highest BCUT2D eigenvalue weighted by Crippen LogP contribution is 2.18. The molecule has 90 valence electrons. The second kappa shape index (κ2) is 4.59. The highest BCUT2D eigenvalue weighted by Gasteiger charge is 2.21. The molecule has 6 heteroatoms. The largest absolute Gasteiger partial charge is 0.267 e. The van der Waals surface area contributed by atoms with Crippen LogP contribution in [0.15, 0.2) is 18.3 Å². The first-order valence-corrected chi connectivity index (χ1v) is 6.83. The number of pyridine rings is 1. The van der Waals surface area contributed by atoms with E-state index in [1.807, 2.05) is 20.8 Å². The van der Waals surface area contributed by atoms with Crippen LogP contribution in [0.3, 0.4) is 0 Å². The number of nitrogens with zero attached hydrogens (tertiary/aromatic N) is 1. The van der Waals surface area contributed by atoms with Gasteiger partial charge in [-0.3, -0.25) is 4.72 Å². The molecule has 0 fully saturated rings. The fraction of sp³-hybridized carbons (Fsp3) is 0.500. The molecule has 0 amide bonds. The van der Waals surface area contributed by atoms with Crippen molar-refractivity contribution in [3.63, 3.8) is 0 Å². The number of halogens is 1. The van der Waals surface area contributed by atoms with Gasteiger partial charge in [0, 0.05) is 17.3 Å². The molecule has 1 aromatic rings. The van der Waals surface area contributed by atoms with E-state index in [0.29, 0.717) is 5.02 Å². The van der Waals surface area contributed by atoms with Crippen LogP contribution in [0.4, 0.5) is 5.82 Å². The molecule has 1 N–H and O–H groups in total. The van der Waals surface area contributed by atoms with Gasteiger partial charge in [-0.1, -0.05) is 32.4 Å². The summed E-state index contributed by atoms with van der Waals surface area (Å²) < 4.78 is 25.9. The lowest BCUT2D eigenvalue weighted by Crippen LogP contribution is -2.26. The molecule has 0 radical (unpaired) electrons. The summed E-state index contributed by atoms with van der Waals surface area (Å²) in [6.07, 6.45) is 1.46. The molecule has 0 aliphatic rings. The Bertz CT molecular complexity index is 466. The summed E-state index contributed by atoms with van der Waals surface area (Å²) in [7, 11) is -3.38. The molecule has 1 aromatic heterocycles. The highest BCUT2D eigenvalue weighted by atomic mass is 35.5. The monoisotopic (exact) mass is 262 g/mol. The number of sulfonamides is 1. The van der Waals surface area contributed by atoms with Gasteiger partial charge < -0.3 is 0 Å². The second-order valence-electron chi connectivity index (χ2n) is 4.78. The summed E-state index contributed by atoms with van der Waals surface area (Å²) in [4.78, 5) is 3.88. The van der Waals surface area contributed by atoms with Crippen molar-refractivity contribution < 1.29 is 8.42 Å². The lowest BCUT2D eigenvalue weighted by atomic mass is 10.0. The Balaban J connectivity index is 2.81. The van der Waals surface area contributed by atoms with Crippen LogP contribution in [0, 0.1) is 5.41 Å². The van der Waals surface area contributed by atoms with Gasteiger partial charge >= 0.3 is 0 Å². The zero-order valence-corrected chi connectivity index (χ0v) is 11.1. The molecular formula is C10H15ClN2O2S. The van der Waals surface area contributed by atoms with Crippen LogP contribution in [0.2, 0.25) is 5.02 Å². The Morgan fingerprint density at radius 2 is 2.06 bits per heavy atom. The van der Waals surface area contributed by atoms with Gasteiger partial charge in [0.1, 0.15) is 5.82 Å². The molecular weight excluding hydrogens is 248 g/mol. The van der Waals surface area contributed by atoms with Crippen molar-refractivity contribution >= 4 is 27.4 Å². The summed E-state index contributed by atoms with van der Waals surface area (Å²) in [6, 6.07) is 3.06. The summed E-state index contributed by atoms with van der Waals surface area (Å²) in [5.41, 5.74) is -0.301. The van der Waals surface area contributed by atoms with Gasteiger partial charge in [0.25, 0.3) is 0 Å². The van der Waals surface area contributed by atoms with Crippen molar-refractivity contribution in [3.8, 4) is 0 Å². The summed E-state index contributed by atoms with van der Waals surface area (Å²) in [5.74, 6) is 0.283. The van der Waals surface area contributed by atoms with Crippen LogP contribution in [0.5, 0.6) is 0 Å². The van der Waals surface area contributed by atoms with Gasteiger partial charge in [-0.15, -0.1) is 0 Å². The van der Waals surface area contributed by atoms with Crippen molar-refractivity contribution in [1.82, 2.24) is 4.98 Å². The third-order valence-corrected chi connectivity index (χ3v) is 3.61. The number of anilines is 1. The fourth-order valence-electron chi connectivity index (χ4n) is 1.23. The second-order valence-corrected chi connectivity index (χ2v) is 6.94. The molecule has 0 spiro atoms. The average Bonchev–Trinajstić information content (AvgIpc) is 1.96. The minimum atomic E-state index is -3.38. The number of hydrogen-bond donors (Lipinski definition) is 1. The lowest BCUT2D eigenvalue weighted by Gasteiger charge is -2.18. The Labute approximate surface area is 101 Å². The number of aromatic nitrogens is 1. The maximum atomic E-state index is 11.7. The molecule has 0 aliphatic carbocycles. The first kappa shape index (κ1) is 13.3. The van der Waals surface area contributed by atoms with Gasteiger partial charge in [0.2, 0.25) is 10.0 Å². The average molecular weight is 263 g/mol. The van der Waals surface area contributed by atoms with E-state index in [9.17, 15) is 8.42 Å². The van der Waals surface area contributed by atoms with E-state index in [0.717, 1.165) is 0 Å². The van der Waals surface area contributed by atoms with Crippen molar-refractivity contribution in [2.45, 2.75) is 20.8 Å². The van der Waals surface area contributed by atoms with Crippen LogP contribution in [-0.2, 0) is 10.0 Å². The summed E-state index contributed by atoms with van der Waals surface area (Å²) >= 11 is 5.73. The van der Waals surface area contributed by atoms with Gasteiger partial charge in [-0.05, 0) is 11.5 Å². The highest BCUT2D eigenvalue weighted by molar-refractivity contribution is 7.92. The first-order valence-electron chi connectivity index (χ1n) is 4.80. The van der Waals surface area contributed by atoms with Crippen molar-refractivity contribution in [3.05, 3.63) is 23.4 Å². The maximum Gasteiger partial charge on any atom is 0.234 e. The molecule has 0 aromatic carbocycles. The predicted octanol–water partition coefficient (Wildman–Crippen LogP) is 2.52. The quantitative estimate of drug-likeness (QED) is 0.911. The van der Waals surface area contributed by atoms with Crippen LogP contribution < -0.4 is 4.72 Å². The van der Waals surface area contributed by atoms with Gasteiger partial charge in [0.05, 0.1) is 5.75 Å². The van der Waals surface area contributed by atoms with E-state index in [1.165, 1.54) is 12.3 Å². The fourth-order valence-corrected chi connectivity index (χ4v) is 3.03. The minimum absolute atomic E-state index is 0.0359. The van der Waals surface area contributed by atoms with E-state index < -0.39 is 10.0 Å². The van der Waals surface area contributed by atoms with Crippen LogP contribution in [-0.4, -0.2) is 19.2 Å². The topological polar surface area (TPSA) is 59.1 Å². The molecule has 16 heavy (non-hydrogen) atoms. The number of nitrogens with one attached hydrogen (secondary N) is 1. The Morgan fingerprint density at radius 3 is 2.56 bits per heavy atom. The minimum Gasteiger partial charge on any atom is -0.267 e. The van der Waals surface area contributed by atoms with Crippen LogP contribution in [0.25, 0.3) is 0 Å². The Kier molecular flexibility index (Phi) is 3.80. The molecule has 4 nitrogen and oxygen atoms in total. The van der Waals surface area contributed by atoms with E-state index in [1.54, 1.807) is 6.07 Å². The van der Waals surface area contributed by atoms with E-state index in [-0.39, 0.29) is 17.0 Å². The molecule has 0 saturated heterocycles. The van der Waals surface area contributed by atoms with Crippen molar-refractivity contribution in [2.24, 2.45) is 5.41 Å². The molecule has 0 atom stereocenters. The molecule has 0 unspecified atom stereocenters. The lowest BCUT2D eigenvalue weighted by molar-refractivity contribution is 0.463. The smallest absolute Gasteiger partial charge is 0.234 e. The normalized spacial score (nSPS) is 12.5. The van der Waals surface area contributed by atoms with Gasteiger partial charge in [0.15, 0.2) is 0 Å². The van der Waals surface area contributed by atoms with E-state index in [4.69, 9.17) is 11.6 Å². The van der Waals surface area contributed by atoms with E-state index >= 15 is 0 Å². The Hall–Kier alpha value is -0.810. The number of hydrogen-bond acceptors (Lipinski definition) is 3. The van der Waals surface area contributed by atoms with Crippen molar-refractivity contribution in [1.29, 1.82) is 0 Å². The standard InChI is InChI=1S/C10H15ClN2O2S/c1-10(2,3)7-16(14,15)13-9-6-8(11)4-5-12-9/h4-6H,7H2,1-3H3,(H,12,13). The molecule has 0 saturated carbocycles. The molecule has 0 aliphatic heterocycles. The number of rotatable bonds is 3. The molecule has 1 heterocycles. The third kappa shape index (κ3) is 4.81. The van der Waals surface area contributed by atoms with Crippen LogP contribution >= 0.6 is 11.6 Å². The van der Waals surface area contributed by atoms with Crippen LogP contribution in [0.1, 0.15) is 20.8 Å². The zero-order chi connectivity index (χ0) is 12.4. The maximum absolute atomic E-state index is 11.7. The zero-order valence-electron chi connectivity index (χ0n) is 9.49. The predicted molar refractivity (Wildman–Crippen MR) is 66.1 cm³/mol. The van der Waals surface area contributed by atoms with Gasteiger partial charge in [-0.2, -0.15) is 0 Å². The first-order chi connectivity index (χ1) is 7.18. The third-order valence-electron chi connectivity index (χ3n) is 1.61. The van der Waals surface area contributed by atoms with E-state index in [2.05, 4.69) is 9.71 Å². The molecule has 1 rings (SSSR count). The Morgan fingerprint density at radius 1 is 1.44 bits per heavy atom. The summed E-state index contributed by atoms with van der Waals surface area (Å²) in [6.45, 7) is 5.58. The SMILES string of the molecule is CC(C)(C)CS(=O)(=O)Nc1cc(Cl)ccn1. The van der Waals surface area contributed by atoms with Crippen molar-refractivity contribution in [2.75, 3.05) is 10.5 Å². The van der Waals surface area contributed by atoms with Gasteiger partial charge in [-0.25, -0.2) is 13.4 Å². The molecule has 0 bridgehead atoms. The summed E-state index contributed by atoms with van der Waals surface area (Å²) in [5, 5.41) is 0.448.